The Hall–Kier alpha value is -4.18. The lowest BCUT2D eigenvalue weighted by molar-refractivity contribution is 0.0699. The van der Waals surface area contributed by atoms with Crippen molar-refractivity contribution in [1.29, 1.82) is 0 Å². The van der Waals surface area contributed by atoms with E-state index in [0.717, 1.165) is 0 Å². The number of benzene rings is 4. The first-order valence-corrected chi connectivity index (χ1v) is 11.7. The second kappa shape index (κ2) is 9.22. The third-order valence-electron chi connectivity index (χ3n) is 5.50. The summed E-state index contributed by atoms with van der Waals surface area (Å²) in [5.74, 6) is -0.658. The summed E-state index contributed by atoms with van der Waals surface area (Å²) in [5.41, 5.74) is -0.0474. The van der Waals surface area contributed by atoms with Gasteiger partial charge in [-0.3, -0.25) is 0 Å². The minimum atomic E-state index is -4.27. The van der Waals surface area contributed by atoms with Gasteiger partial charge >= 0.3 is 16.1 Å². The molecule has 0 spiro atoms. The fourth-order valence-corrected chi connectivity index (χ4v) is 4.87. The zero-order valence-electron chi connectivity index (χ0n) is 19.3. The average molecular weight is 499 g/mol. The third kappa shape index (κ3) is 4.12. The molecule has 10 heteroatoms. The van der Waals surface area contributed by atoms with Gasteiger partial charge in [0.05, 0.1) is 34.0 Å². The fraction of sp³-hybridized carbons (Fsp3) is 0.160. The number of ether oxygens (including phenoxy) is 4. The quantitative estimate of drug-likeness (QED) is 0.277. The SMILES string of the molecule is COc1cc2cc(C(=O)O)c3cc(OC)c(OS(=O)(=O)c4ccccc4)c(OC)c3c2cc1OC. The predicted octanol–water partition coefficient (Wildman–Crippen LogP) is 4.49. The lowest BCUT2D eigenvalue weighted by atomic mass is 9.95. The van der Waals surface area contributed by atoms with Crippen LogP contribution in [0.1, 0.15) is 10.4 Å². The summed E-state index contributed by atoms with van der Waals surface area (Å²) in [6.45, 7) is 0. The van der Waals surface area contributed by atoms with Crippen LogP contribution in [-0.4, -0.2) is 47.9 Å². The number of methoxy groups -OCH3 is 4. The Kier molecular flexibility index (Phi) is 6.31. The lowest BCUT2D eigenvalue weighted by Crippen LogP contribution is -2.11. The van der Waals surface area contributed by atoms with E-state index in [2.05, 4.69) is 0 Å². The standard InChI is InChI=1S/C25H22O9S/c1-30-19-11-14-10-18(25(26)27)17-13-21(32-3)23(34-35(28,29)15-8-6-5-7-9-15)24(33-4)22(17)16(14)12-20(19)31-2/h5-13H,1-4H3,(H,26,27). The van der Waals surface area contributed by atoms with Gasteiger partial charge in [0.1, 0.15) is 4.90 Å². The third-order valence-corrected chi connectivity index (χ3v) is 6.73. The van der Waals surface area contributed by atoms with Crippen LogP contribution in [0.2, 0.25) is 0 Å². The van der Waals surface area contributed by atoms with E-state index in [9.17, 15) is 18.3 Å². The number of rotatable bonds is 8. The van der Waals surface area contributed by atoms with Crippen molar-refractivity contribution in [3.8, 4) is 28.7 Å². The number of hydrogen-bond acceptors (Lipinski definition) is 8. The Morgan fingerprint density at radius 1 is 0.743 bits per heavy atom. The van der Waals surface area contributed by atoms with Crippen LogP contribution in [0.5, 0.6) is 28.7 Å². The highest BCUT2D eigenvalue weighted by atomic mass is 32.2. The second-order valence-electron chi connectivity index (χ2n) is 7.37. The van der Waals surface area contributed by atoms with Crippen LogP contribution in [0, 0.1) is 0 Å². The summed E-state index contributed by atoms with van der Waals surface area (Å²) < 4.78 is 53.4. The first kappa shape index (κ1) is 24.0. The van der Waals surface area contributed by atoms with E-state index in [1.165, 1.54) is 52.7 Å². The van der Waals surface area contributed by atoms with Gasteiger partial charge in [0, 0.05) is 10.8 Å². The normalized spacial score (nSPS) is 11.3. The topological polar surface area (TPSA) is 118 Å². The van der Waals surface area contributed by atoms with Gasteiger partial charge in [-0.05, 0) is 47.2 Å². The summed E-state index contributed by atoms with van der Waals surface area (Å²) in [5, 5.41) is 11.5. The maximum absolute atomic E-state index is 13.0. The number of carboxylic acids is 1. The number of carbonyl (C=O) groups is 1. The van der Waals surface area contributed by atoms with Gasteiger partial charge in [0.2, 0.25) is 5.75 Å². The van der Waals surface area contributed by atoms with Gasteiger partial charge in [-0.2, -0.15) is 8.42 Å². The number of carboxylic acid groups (broad SMARTS) is 1. The lowest BCUT2D eigenvalue weighted by Gasteiger charge is -2.19. The molecule has 0 unspecified atom stereocenters. The van der Waals surface area contributed by atoms with Crippen molar-refractivity contribution in [2.24, 2.45) is 0 Å². The van der Waals surface area contributed by atoms with Gasteiger partial charge in [-0.25, -0.2) is 4.79 Å². The Bertz CT molecular complexity index is 1540. The number of aromatic carboxylic acids is 1. The summed E-state index contributed by atoms with van der Waals surface area (Å²) in [4.78, 5) is 12.1. The fourth-order valence-electron chi connectivity index (χ4n) is 3.91. The van der Waals surface area contributed by atoms with Crippen molar-refractivity contribution < 1.29 is 41.4 Å². The van der Waals surface area contributed by atoms with E-state index in [4.69, 9.17) is 23.1 Å². The molecule has 0 saturated carbocycles. The van der Waals surface area contributed by atoms with Crippen molar-refractivity contribution in [1.82, 2.24) is 0 Å². The molecule has 0 radical (unpaired) electrons. The first-order chi connectivity index (χ1) is 16.7. The molecule has 0 atom stereocenters. The Balaban J connectivity index is 2.14. The molecule has 1 N–H and O–H groups in total. The van der Waals surface area contributed by atoms with E-state index < -0.39 is 16.1 Å². The molecule has 0 aliphatic rings. The largest absolute Gasteiger partial charge is 0.493 e. The molecule has 35 heavy (non-hydrogen) atoms. The summed E-state index contributed by atoms with van der Waals surface area (Å²) >= 11 is 0. The number of hydrogen-bond donors (Lipinski definition) is 1. The van der Waals surface area contributed by atoms with Crippen LogP contribution in [0.25, 0.3) is 21.5 Å². The van der Waals surface area contributed by atoms with Gasteiger partial charge in [0.25, 0.3) is 0 Å². The van der Waals surface area contributed by atoms with Crippen molar-refractivity contribution in [2.75, 3.05) is 28.4 Å². The van der Waals surface area contributed by atoms with Crippen molar-refractivity contribution in [3.05, 3.63) is 60.2 Å². The molecular weight excluding hydrogens is 476 g/mol. The van der Waals surface area contributed by atoms with E-state index >= 15 is 0 Å². The van der Waals surface area contributed by atoms with Gasteiger partial charge < -0.3 is 28.2 Å². The molecule has 0 amide bonds. The van der Waals surface area contributed by atoms with Crippen molar-refractivity contribution in [2.45, 2.75) is 4.90 Å². The molecule has 4 rings (SSSR count). The highest BCUT2D eigenvalue weighted by Crippen LogP contribution is 2.49. The average Bonchev–Trinajstić information content (AvgIpc) is 2.87. The molecule has 0 aliphatic heterocycles. The van der Waals surface area contributed by atoms with Crippen molar-refractivity contribution in [3.63, 3.8) is 0 Å². The highest BCUT2D eigenvalue weighted by Gasteiger charge is 2.28. The molecule has 182 valence electrons. The molecule has 0 bridgehead atoms. The van der Waals surface area contributed by atoms with Crippen LogP contribution in [0.15, 0.2) is 59.5 Å². The highest BCUT2D eigenvalue weighted by molar-refractivity contribution is 7.87. The van der Waals surface area contributed by atoms with E-state index in [1.807, 2.05) is 0 Å². The van der Waals surface area contributed by atoms with Crippen molar-refractivity contribution >= 4 is 37.6 Å². The van der Waals surface area contributed by atoms with Crippen LogP contribution >= 0.6 is 0 Å². The molecule has 0 aromatic heterocycles. The maximum atomic E-state index is 13.0. The van der Waals surface area contributed by atoms with Crippen LogP contribution in [-0.2, 0) is 10.1 Å². The Morgan fingerprint density at radius 2 is 1.34 bits per heavy atom. The summed E-state index contributed by atoms with van der Waals surface area (Å²) in [6.07, 6.45) is 0. The second-order valence-corrected chi connectivity index (χ2v) is 8.92. The number of fused-ring (bicyclic) bond motifs is 3. The zero-order valence-corrected chi connectivity index (χ0v) is 20.1. The Morgan fingerprint density at radius 3 is 1.91 bits per heavy atom. The monoisotopic (exact) mass is 498 g/mol. The van der Waals surface area contributed by atoms with Gasteiger partial charge in [-0.15, -0.1) is 0 Å². The smallest absolute Gasteiger partial charge is 0.339 e. The van der Waals surface area contributed by atoms with Gasteiger partial charge in [-0.1, -0.05) is 18.2 Å². The van der Waals surface area contributed by atoms with Gasteiger partial charge in [0.15, 0.2) is 23.0 Å². The molecule has 4 aromatic carbocycles. The zero-order chi connectivity index (χ0) is 25.3. The molecule has 0 saturated heterocycles. The molecule has 0 fully saturated rings. The van der Waals surface area contributed by atoms with E-state index in [0.29, 0.717) is 27.7 Å². The van der Waals surface area contributed by atoms with E-state index in [-0.39, 0.29) is 33.1 Å². The maximum Gasteiger partial charge on any atom is 0.339 e. The molecule has 4 aromatic rings. The Labute approximate surface area is 201 Å². The first-order valence-electron chi connectivity index (χ1n) is 10.3. The minimum Gasteiger partial charge on any atom is -0.493 e. The summed E-state index contributed by atoms with van der Waals surface area (Å²) in [6, 6.07) is 13.8. The molecular formula is C25H22O9S. The van der Waals surface area contributed by atoms with Crippen LogP contribution in [0.4, 0.5) is 0 Å². The molecule has 0 heterocycles. The molecule has 0 aliphatic carbocycles. The predicted molar refractivity (Wildman–Crippen MR) is 129 cm³/mol. The molecule has 9 nitrogen and oxygen atoms in total. The minimum absolute atomic E-state index is 0.0147. The van der Waals surface area contributed by atoms with Crippen LogP contribution in [0.3, 0.4) is 0 Å². The summed E-state index contributed by atoms with van der Waals surface area (Å²) in [7, 11) is 1.31. The van der Waals surface area contributed by atoms with Crippen LogP contribution < -0.4 is 23.1 Å². The van der Waals surface area contributed by atoms with E-state index in [1.54, 1.807) is 30.3 Å².